The number of nitrogens with one attached hydrogen (secondary N) is 2. The Morgan fingerprint density at radius 3 is 2.56 bits per heavy atom. The van der Waals surface area contributed by atoms with Crippen LogP contribution in [0.5, 0.6) is 0 Å². The number of aromatic nitrogens is 2. The van der Waals surface area contributed by atoms with Gasteiger partial charge in [0.05, 0.1) is 6.20 Å². The van der Waals surface area contributed by atoms with Gasteiger partial charge in [0.25, 0.3) is 5.91 Å². The molecule has 2 aromatic carbocycles. The number of Topliss-reactive ketones (excluding diaryl/α,β-unsaturated/α-hetero) is 1. The van der Waals surface area contributed by atoms with Crippen LogP contribution in [0.3, 0.4) is 0 Å². The van der Waals surface area contributed by atoms with Crippen molar-refractivity contribution < 1.29 is 9.59 Å². The zero-order valence-electron chi connectivity index (χ0n) is 17.9. The summed E-state index contributed by atoms with van der Waals surface area (Å²) in [7, 11) is 0. The molecule has 7 heteroatoms. The van der Waals surface area contributed by atoms with Gasteiger partial charge in [-0.15, -0.1) is 0 Å². The van der Waals surface area contributed by atoms with E-state index in [1.54, 1.807) is 10.9 Å². The normalized spacial score (nSPS) is 19.1. The molecule has 0 saturated carbocycles. The second-order valence-electron chi connectivity index (χ2n) is 9.08. The molecule has 1 aliphatic carbocycles. The number of carbonyl (C=O) groups excluding carboxylic acids is 2. The van der Waals surface area contributed by atoms with Gasteiger partial charge in [0.2, 0.25) is 0 Å². The molecule has 0 spiro atoms. The predicted octanol–water partition coefficient (Wildman–Crippen LogP) is 5.56. The van der Waals surface area contributed by atoms with Crippen molar-refractivity contribution in [2.45, 2.75) is 32.7 Å². The highest BCUT2D eigenvalue weighted by Crippen LogP contribution is 2.46. The largest absolute Gasteiger partial charge is 0.343 e. The highest BCUT2D eigenvalue weighted by molar-refractivity contribution is 9.10. The van der Waals surface area contributed by atoms with Gasteiger partial charge in [-0.2, -0.15) is 5.10 Å². The molecule has 0 radical (unpaired) electrons. The maximum atomic E-state index is 13.3. The number of benzene rings is 2. The van der Waals surface area contributed by atoms with E-state index in [4.69, 9.17) is 0 Å². The van der Waals surface area contributed by atoms with Crippen molar-refractivity contribution in [2.75, 3.05) is 10.6 Å². The third kappa shape index (κ3) is 3.66. The van der Waals surface area contributed by atoms with Gasteiger partial charge in [-0.3, -0.25) is 9.59 Å². The number of carbonyl (C=O) groups is 2. The van der Waals surface area contributed by atoms with E-state index in [0.717, 1.165) is 27.7 Å². The Bertz CT molecular complexity index is 1240. The molecule has 6 nitrogen and oxygen atoms in total. The highest BCUT2D eigenvalue weighted by Gasteiger charge is 2.42. The lowest BCUT2D eigenvalue weighted by Crippen LogP contribution is -2.36. The Balaban J connectivity index is 1.60. The molecule has 2 N–H and O–H groups in total. The first-order chi connectivity index (χ1) is 15.3. The summed E-state index contributed by atoms with van der Waals surface area (Å²) in [4.78, 5) is 26.4. The minimum atomic E-state index is -0.378. The fourth-order valence-electron chi connectivity index (χ4n) is 4.55. The number of fused-ring (bicyclic) bond motifs is 1. The fourth-order valence-corrected chi connectivity index (χ4v) is 4.81. The van der Waals surface area contributed by atoms with Gasteiger partial charge >= 0.3 is 0 Å². The van der Waals surface area contributed by atoms with Crippen molar-refractivity contribution in [2.24, 2.45) is 5.41 Å². The van der Waals surface area contributed by atoms with Crippen molar-refractivity contribution in [3.05, 3.63) is 87.7 Å². The summed E-state index contributed by atoms with van der Waals surface area (Å²) in [5.74, 6) is 0.480. The van der Waals surface area contributed by atoms with Crippen LogP contribution in [0.4, 0.5) is 11.5 Å². The number of para-hydroxylation sites is 1. The molecule has 2 heterocycles. The molecule has 0 saturated heterocycles. The summed E-state index contributed by atoms with van der Waals surface area (Å²) in [5.41, 5.74) is 3.57. The standard InChI is InChI=1S/C25H23BrN4O2/c1-25(2)12-19-21(20(31)13-25)22(15-8-10-16(26)11-9-15)30-23(29-19)18(14-27-30)24(32)28-17-6-4-3-5-7-17/h3-11,14,22,29H,12-13H2,1-2H3,(H,28,32)/t22-/m0/s1. The number of halogens is 1. The fraction of sp³-hybridized carbons (Fsp3) is 0.240. The average molecular weight is 491 g/mol. The zero-order chi connectivity index (χ0) is 22.5. The molecule has 5 rings (SSSR count). The minimum Gasteiger partial charge on any atom is -0.343 e. The first kappa shape index (κ1) is 20.7. The van der Waals surface area contributed by atoms with Gasteiger partial charge < -0.3 is 10.6 Å². The Kier molecular flexibility index (Phi) is 5.01. The Morgan fingerprint density at radius 1 is 1.12 bits per heavy atom. The van der Waals surface area contributed by atoms with Gasteiger partial charge in [-0.05, 0) is 41.7 Å². The molecule has 1 amide bonds. The molecule has 162 valence electrons. The first-order valence-electron chi connectivity index (χ1n) is 10.5. The smallest absolute Gasteiger partial charge is 0.261 e. The lowest BCUT2D eigenvalue weighted by Gasteiger charge is -2.39. The Hall–Kier alpha value is -3.19. The van der Waals surface area contributed by atoms with Crippen LogP contribution < -0.4 is 10.6 Å². The van der Waals surface area contributed by atoms with Crippen LogP contribution in [0, 0.1) is 5.41 Å². The molecule has 0 unspecified atom stereocenters. The number of anilines is 2. The molecule has 3 aromatic rings. The Labute approximate surface area is 194 Å². The topological polar surface area (TPSA) is 76.0 Å². The van der Waals surface area contributed by atoms with E-state index in [1.807, 2.05) is 54.6 Å². The second kappa shape index (κ2) is 7.74. The van der Waals surface area contributed by atoms with E-state index in [-0.39, 0.29) is 23.1 Å². The summed E-state index contributed by atoms with van der Waals surface area (Å²) in [6.45, 7) is 4.19. The van der Waals surface area contributed by atoms with E-state index in [2.05, 4.69) is 45.5 Å². The molecule has 0 bridgehead atoms. The van der Waals surface area contributed by atoms with Gasteiger partial charge in [0.1, 0.15) is 17.4 Å². The molecule has 1 aliphatic heterocycles. The maximum Gasteiger partial charge on any atom is 0.261 e. The number of allylic oxidation sites excluding steroid dienone is 2. The Morgan fingerprint density at radius 2 is 1.84 bits per heavy atom. The van der Waals surface area contributed by atoms with Crippen LogP contribution in [0.25, 0.3) is 0 Å². The predicted molar refractivity (Wildman–Crippen MR) is 128 cm³/mol. The summed E-state index contributed by atoms with van der Waals surface area (Å²) in [6.07, 6.45) is 2.78. The zero-order valence-corrected chi connectivity index (χ0v) is 19.4. The summed E-state index contributed by atoms with van der Waals surface area (Å²) in [6, 6.07) is 16.9. The van der Waals surface area contributed by atoms with Gasteiger partial charge in [-0.25, -0.2) is 4.68 Å². The highest BCUT2D eigenvalue weighted by atomic mass is 79.9. The third-order valence-corrected chi connectivity index (χ3v) is 6.49. The molecule has 1 aromatic heterocycles. The van der Waals surface area contributed by atoms with Crippen molar-refractivity contribution in [3.8, 4) is 0 Å². The molecule has 0 fully saturated rings. The van der Waals surface area contributed by atoms with Crippen LogP contribution >= 0.6 is 15.9 Å². The summed E-state index contributed by atoms with van der Waals surface area (Å²) in [5, 5.41) is 10.9. The summed E-state index contributed by atoms with van der Waals surface area (Å²) < 4.78 is 2.72. The number of amides is 1. The number of ketones is 1. The lowest BCUT2D eigenvalue weighted by atomic mass is 9.73. The van der Waals surface area contributed by atoms with Gasteiger partial charge in [0.15, 0.2) is 5.78 Å². The van der Waals surface area contributed by atoms with Crippen molar-refractivity contribution >= 4 is 39.1 Å². The average Bonchev–Trinajstić information content (AvgIpc) is 3.16. The number of hydrogen-bond donors (Lipinski definition) is 2. The molecule has 2 aliphatic rings. The first-order valence-corrected chi connectivity index (χ1v) is 11.3. The van der Waals surface area contributed by atoms with Crippen molar-refractivity contribution in [3.63, 3.8) is 0 Å². The lowest BCUT2D eigenvalue weighted by molar-refractivity contribution is -0.118. The second-order valence-corrected chi connectivity index (χ2v) is 10.00. The molecule has 1 atom stereocenters. The maximum absolute atomic E-state index is 13.3. The molecule has 32 heavy (non-hydrogen) atoms. The monoisotopic (exact) mass is 490 g/mol. The minimum absolute atomic E-state index is 0.119. The van der Waals surface area contributed by atoms with Crippen molar-refractivity contribution in [1.29, 1.82) is 0 Å². The third-order valence-electron chi connectivity index (χ3n) is 5.96. The summed E-state index contributed by atoms with van der Waals surface area (Å²) >= 11 is 3.48. The van der Waals surface area contributed by atoms with E-state index >= 15 is 0 Å². The van der Waals surface area contributed by atoms with Crippen molar-refractivity contribution in [1.82, 2.24) is 9.78 Å². The van der Waals surface area contributed by atoms with Gasteiger partial charge in [0, 0.05) is 27.9 Å². The van der Waals surface area contributed by atoms with Crippen LogP contribution in [0.2, 0.25) is 0 Å². The number of hydrogen-bond acceptors (Lipinski definition) is 4. The van der Waals surface area contributed by atoms with E-state index < -0.39 is 0 Å². The number of nitrogens with zero attached hydrogens (tertiary/aromatic N) is 2. The molecular formula is C25H23BrN4O2. The number of rotatable bonds is 3. The van der Waals surface area contributed by atoms with Crippen LogP contribution in [-0.4, -0.2) is 21.5 Å². The van der Waals surface area contributed by atoms with E-state index in [1.165, 1.54) is 0 Å². The SMILES string of the molecule is CC1(C)CC(=O)C2=C(C1)Nc1c(C(=O)Nc3ccccc3)cnn1[C@H]2c1ccc(Br)cc1. The van der Waals surface area contributed by atoms with Crippen LogP contribution in [-0.2, 0) is 4.79 Å². The van der Waals surface area contributed by atoms with Gasteiger partial charge in [-0.1, -0.05) is 60.1 Å². The van der Waals surface area contributed by atoms with Crippen LogP contribution in [0.1, 0.15) is 48.7 Å². The van der Waals surface area contributed by atoms with Crippen LogP contribution in [0.15, 0.2) is 76.5 Å². The van der Waals surface area contributed by atoms with E-state index in [9.17, 15) is 9.59 Å². The quantitative estimate of drug-likeness (QED) is 0.504. The van der Waals surface area contributed by atoms with E-state index in [0.29, 0.717) is 23.5 Å². The molecular weight excluding hydrogens is 468 g/mol.